The third kappa shape index (κ3) is 2.23. The summed E-state index contributed by atoms with van der Waals surface area (Å²) in [5.41, 5.74) is 3.36. The zero-order valence-electron chi connectivity index (χ0n) is 12.8. The summed E-state index contributed by atoms with van der Waals surface area (Å²) in [6, 6.07) is 23.3. The summed E-state index contributed by atoms with van der Waals surface area (Å²) in [5, 5.41) is 4.81. The Morgan fingerprint density at radius 3 is 2.39 bits per heavy atom. The van der Waals surface area contributed by atoms with Crippen LogP contribution in [0.3, 0.4) is 0 Å². The first-order valence-electron chi connectivity index (χ1n) is 7.71. The monoisotopic (exact) mass is 300 g/mol. The number of hydrogen-bond acceptors (Lipinski definition) is 2. The van der Waals surface area contributed by atoms with E-state index in [-0.39, 0.29) is 6.10 Å². The molecular formula is C21H16O2. The van der Waals surface area contributed by atoms with Gasteiger partial charge in [0.25, 0.3) is 6.47 Å². The normalized spacial score (nSPS) is 12.6. The number of carbonyl (C=O) groups excluding carboxylic acids is 1. The number of hydrogen-bond donors (Lipinski definition) is 0. The predicted molar refractivity (Wildman–Crippen MR) is 93.6 cm³/mol. The molecule has 0 bridgehead atoms. The molecular weight excluding hydrogens is 284 g/mol. The average molecular weight is 300 g/mol. The van der Waals surface area contributed by atoms with E-state index in [2.05, 4.69) is 60.7 Å². The molecule has 0 amide bonds. The minimum absolute atomic E-state index is 0.262. The quantitative estimate of drug-likeness (QED) is 0.478. The van der Waals surface area contributed by atoms with Crippen molar-refractivity contribution in [2.75, 3.05) is 0 Å². The van der Waals surface area contributed by atoms with Crippen LogP contribution in [0.25, 0.3) is 32.7 Å². The maximum Gasteiger partial charge on any atom is 0.293 e. The summed E-state index contributed by atoms with van der Waals surface area (Å²) in [6.45, 7) is 2.42. The van der Waals surface area contributed by atoms with Crippen molar-refractivity contribution in [3.8, 4) is 11.1 Å². The number of fused-ring (bicyclic) bond motifs is 4. The average Bonchev–Trinajstić information content (AvgIpc) is 2.90. The van der Waals surface area contributed by atoms with E-state index in [9.17, 15) is 4.79 Å². The van der Waals surface area contributed by atoms with Crippen LogP contribution in [0.2, 0.25) is 0 Å². The summed E-state index contributed by atoms with van der Waals surface area (Å²) < 4.78 is 5.18. The molecule has 0 aromatic heterocycles. The zero-order chi connectivity index (χ0) is 15.8. The van der Waals surface area contributed by atoms with E-state index < -0.39 is 0 Å². The topological polar surface area (TPSA) is 26.3 Å². The third-order valence-electron chi connectivity index (χ3n) is 4.46. The molecule has 2 aliphatic carbocycles. The molecule has 0 saturated heterocycles. The van der Waals surface area contributed by atoms with Crippen LogP contribution in [0.15, 0.2) is 66.7 Å². The van der Waals surface area contributed by atoms with Crippen molar-refractivity contribution in [2.45, 2.75) is 13.0 Å². The fourth-order valence-electron chi connectivity index (χ4n) is 3.33. The van der Waals surface area contributed by atoms with Gasteiger partial charge in [0, 0.05) is 5.56 Å². The molecule has 0 spiro atoms. The van der Waals surface area contributed by atoms with Gasteiger partial charge >= 0.3 is 0 Å². The van der Waals surface area contributed by atoms with Crippen molar-refractivity contribution >= 4 is 28.0 Å². The van der Waals surface area contributed by atoms with Crippen molar-refractivity contribution in [3.63, 3.8) is 0 Å². The van der Waals surface area contributed by atoms with Gasteiger partial charge in [0.1, 0.15) is 6.10 Å². The molecule has 0 fully saturated rings. The zero-order valence-corrected chi connectivity index (χ0v) is 12.8. The highest BCUT2D eigenvalue weighted by molar-refractivity contribution is 6.06. The summed E-state index contributed by atoms with van der Waals surface area (Å²) >= 11 is 0. The Morgan fingerprint density at radius 1 is 0.870 bits per heavy atom. The molecule has 2 heteroatoms. The molecule has 1 atom stereocenters. The third-order valence-corrected chi connectivity index (χ3v) is 4.46. The van der Waals surface area contributed by atoms with Gasteiger partial charge in [-0.15, -0.1) is 0 Å². The number of carbonyl (C=O) groups is 1. The van der Waals surface area contributed by atoms with Crippen LogP contribution in [0.5, 0.6) is 0 Å². The van der Waals surface area contributed by atoms with Gasteiger partial charge in [0.2, 0.25) is 0 Å². The summed E-state index contributed by atoms with van der Waals surface area (Å²) in [6.07, 6.45) is -0.262. The summed E-state index contributed by atoms with van der Waals surface area (Å²) in [5.74, 6) is 0. The Balaban J connectivity index is 2.10. The molecule has 112 valence electrons. The molecule has 2 aromatic carbocycles. The van der Waals surface area contributed by atoms with Crippen LogP contribution in [0.1, 0.15) is 18.6 Å². The first-order chi connectivity index (χ1) is 11.3. The van der Waals surface area contributed by atoms with E-state index in [1.54, 1.807) is 0 Å². The van der Waals surface area contributed by atoms with Gasteiger partial charge in [0.05, 0.1) is 0 Å². The van der Waals surface area contributed by atoms with Gasteiger partial charge < -0.3 is 4.74 Å². The number of ether oxygens (including phenoxy) is 1. The molecule has 1 unspecified atom stereocenters. The fraction of sp³-hybridized carbons (Fsp3) is 0.0952. The number of benzene rings is 2. The molecule has 2 nitrogen and oxygen atoms in total. The second-order valence-electron chi connectivity index (χ2n) is 5.81. The molecule has 2 aromatic rings. The Kier molecular flexibility index (Phi) is 3.23. The summed E-state index contributed by atoms with van der Waals surface area (Å²) in [4.78, 5) is 10.7. The van der Waals surface area contributed by atoms with Gasteiger partial charge in [-0.05, 0) is 51.7 Å². The predicted octanol–water partition coefficient (Wildman–Crippen LogP) is 5.33. The Bertz CT molecular complexity index is 987. The van der Waals surface area contributed by atoms with Crippen LogP contribution in [-0.4, -0.2) is 6.47 Å². The van der Waals surface area contributed by atoms with E-state index in [4.69, 9.17) is 4.74 Å². The highest BCUT2D eigenvalue weighted by Crippen LogP contribution is 2.39. The highest BCUT2D eigenvalue weighted by atomic mass is 16.5. The maximum atomic E-state index is 10.7. The van der Waals surface area contributed by atoms with Crippen molar-refractivity contribution in [1.82, 2.24) is 0 Å². The Labute approximate surface area is 134 Å². The fourth-order valence-corrected chi connectivity index (χ4v) is 3.33. The summed E-state index contributed by atoms with van der Waals surface area (Å²) in [7, 11) is 0. The Morgan fingerprint density at radius 2 is 1.61 bits per heavy atom. The van der Waals surface area contributed by atoms with Crippen LogP contribution >= 0.6 is 0 Å². The van der Waals surface area contributed by atoms with Gasteiger partial charge in [0.15, 0.2) is 0 Å². The van der Waals surface area contributed by atoms with Crippen molar-refractivity contribution in [3.05, 3.63) is 72.3 Å². The SMILES string of the molecule is CC(OC=O)c1ccc2cccc3cc4ccccc4cc3c1-2. The second-order valence-corrected chi connectivity index (χ2v) is 5.81. The molecule has 0 radical (unpaired) electrons. The second kappa shape index (κ2) is 5.40. The molecule has 0 aliphatic heterocycles. The lowest BCUT2D eigenvalue weighted by molar-refractivity contribution is -0.133. The van der Waals surface area contributed by atoms with E-state index >= 15 is 0 Å². The lowest BCUT2D eigenvalue weighted by Crippen LogP contribution is -1.97. The highest BCUT2D eigenvalue weighted by Gasteiger charge is 2.17. The van der Waals surface area contributed by atoms with Gasteiger partial charge in [-0.1, -0.05) is 54.6 Å². The van der Waals surface area contributed by atoms with Gasteiger partial charge in [-0.25, -0.2) is 0 Å². The van der Waals surface area contributed by atoms with Gasteiger partial charge in [-0.3, -0.25) is 4.79 Å². The van der Waals surface area contributed by atoms with Crippen molar-refractivity contribution < 1.29 is 9.53 Å². The molecule has 2 aliphatic rings. The van der Waals surface area contributed by atoms with Crippen LogP contribution in [0.4, 0.5) is 0 Å². The van der Waals surface area contributed by atoms with E-state index in [0.29, 0.717) is 6.47 Å². The van der Waals surface area contributed by atoms with E-state index in [0.717, 1.165) is 16.7 Å². The lowest BCUT2D eigenvalue weighted by Gasteiger charge is -2.12. The number of rotatable bonds is 3. The van der Waals surface area contributed by atoms with Crippen LogP contribution < -0.4 is 0 Å². The largest absolute Gasteiger partial charge is 0.460 e. The smallest absolute Gasteiger partial charge is 0.293 e. The first kappa shape index (κ1) is 13.8. The molecule has 4 rings (SSSR count). The molecule has 0 heterocycles. The van der Waals surface area contributed by atoms with Gasteiger partial charge in [-0.2, -0.15) is 0 Å². The minimum Gasteiger partial charge on any atom is -0.460 e. The van der Waals surface area contributed by atoms with Crippen molar-refractivity contribution in [2.24, 2.45) is 0 Å². The Hall–Kier alpha value is -2.87. The minimum atomic E-state index is -0.262. The lowest BCUT2D eigenvalue weighted by atomic mass is 9.97. The molecule has 23 heavy (non-hydrogen) atoms. The molecule has 0 N–H and O–H groups in total. The van der Waals surface area contributed by atoms with Crippen LogP contribution in [0, 0.1) is 0 Å². The van der Waals surface area contributed by atoms with E-state index in [1.165, 1.54) is 21.5 Å². The maximum absolute atomic E-state index is 10.7. The van der Waals surface area contributed by atoms with Crippen molar-refractivity contribution in [1.29, 1.82) is 0 Å². The first-order valence-corrected chi connectivity index (χ1v) is 7.71. The van der Waals surface area contributed by atoms with E-state index in [1.807, 2.05) is 13.0 Å². The standard InChI is InChI=1S/C21H16O2/c1-14(23-13-22)19-10-9-15-7-4-8-18-11-16-5-2-3-6-17(16)12-20(18)21(15)19/h2-14H,1H3. The van der Waals surface area contributed by atoms with Crippen LogP contribution in [-0.2, 0) is 9.53 Å². The molecule has 0 saturated carbocycles.